The van der Waals surface area contributed by atoms with E-state index in [1.54, 1.807) is 0 Å². The van der Waals surface area contributed by atoms with Gasteiger partial charge in [0.1, 0.15) is 0 Å². The summed E-state index contributed by atoms with van der Waals surface area (Å²) in [6.07, 6.45) is 0. The Kier molecular flexibility index (Phi) is 4.81. The van der Waals surface area contributed by atoms with Crippen LogP contribution >= 0.6 is 0 Å². The molecule has 0 bridgehead atoms. The van der Waals surface area contributed by atoms with E-state index in [0.717, 1.165) is 13.1 Å². The van der Waals surface area contributed by atoms with Crippen molar-refractivity contribution >= 4 is 20.5 Å². The van der Waals surface area contributed by atoms with Crippen molar-refractivity contribution in [2.75, 3.05) is 28.2 Å². The molecule has 0 saturated heterocycles. The first-order valence-electron chi connectivity index (χ1n) is 5.24. The second-order valence-electron chi connectivity index (χ2n) is 4.55. The molecule has 0 aromatic heterocycles. The van der Waals surface area contributed by atoms with E-state index in [-0.39, 0.29) is 0 Å². The van der Waals surface area contributed by atoms with Gasteiger partial charge in [0.15, 0.2) is 0 Å². The molecule has 0 saturated carbocycles. The molecule has 0 amide bonds. The van der Waals surface area contributed by atoms with E-state index in [9.17, 15) is 0 Å². The van der Waals surface area contributed by atoms with E-state index in [1.807, 2.05) is 0 Å². The fourth-order valence-electron chi connectivity index (χ4n) is 1.64. The summed E-state index contributed by atoms with van der Waals surface area (Å²) in [5.41, 5.74) is 2.85. The minimum atomic E-state index is 1.01. The average molecular weight is 272 g/mol. The van der Waals surface area contributed by atoms with Gasteiger partial charge in [-0.1, -0.05) is 0 Å². The van der Waals surface area contributed by atoms with E-state index < -0.39 is 0 Å². The van der Waals surface area contributed by atoms with Crippen LogP contribution in [0.25, 0.3) is 0 Å². The summed E-state index contributed by atoms with van der Waals surface area (Å²) in [6.45, 7) is 2.10. The molecule has 1 aromatic carbocycles. The van der Waals surface area contributed by atoms with Crippen LogP contribution in [0.1, 0.15) is 11.1 Å². The number of rotatable bonds is 4. The van der Waals surface area contributed by atoms with Crippen molar-refractivity contribution < 1.29 is 4.90 Å². The fourth-order valence-corrected chi connectivity index (χ4v) is 2.26. The van der Waals surface area contributed by atoms with Crippen LogP contribution in [0, 0.1) is 0 Å². The summed E-state index contributed by atoms with van der Waals surface area (Å²) < 4.78 is 1.39. The molecule has 1 rings (SSSR count). The molecule has 0 unspecified atom stereocenters. The van der Waals surface area contributed by atoms with Crippen molar-refractivity contribution in [3.8, 4) is 0 Å². The number of quaternary nitrogens is 1. The zero-order valence-electron chi connectivity index (χ0n) is 10.0. The summed E-state index contributed by atoms with van der Waals surface area (Å²) >= 11 is 2.72. The first kappa shape index (κ1) is 12.7. The summed E-state index contributed by atoms with van der Waals surface area (Å²) in [5, 5.41) is 0. The molecule has 0 aliphatic carbocycles. The van der Waals surface area contributed by atoms with Crippen molar-refractivity contribution in [2.24, 2.45) is 0 Å². The Morgan fingerprint density at radius 2 is 1.80 bits per heavy atom. The van der Waals surface area contributed by atoms with Crippen LogP contribution in [0.3, 0.4) is 0 Å². The third kappa shape index (κ3) is 3.96. The van der Waals surface area contributed by atoms with Crippen molar-refractivity contribution in [3.05, 3.63) is 29.3 Å². The van der Waals surface area contributed by atoms with Crippen LogP contribution in [0.15, 0.2) is 18.2 Å². The second-order valence-corrected chi connectivity index (χ2v) is 5.48. The van der Waals surface area contributed by atoms with Gasteiger partial charge in [-0.15, -0.1) is 0 Å². The van der Waals surface area contributed by atoms with Gasteiger partial charge in [-0.3, -0.25) is 0 Å². The molecule has 0 atom stereocenters. The van der Waals surface area contributed by atoms with Gasteiger partial charge < -0.3 is 0 Å². The standard InChI is InChI=1S/C12H20N2Se/c1-13(2)8-10-6-5-7-11(12(10)15)9-14(3)4/h5-7,15H,8-9H2,1-4H3/p+1. The molecule has 0 spiro atoms. The van der Waals surface area contributed by atoms with Crippen molar-refractivity contribution in [1.29, 1.82) is 0 Å². The van der Waals surface area contributed by atoms with E-state index in [2.05, 4.69) is 67.3 Å². The molecular weight excluding hydrogens is 251 g/mol. The molecule has 15 heavy (non-hydrogen) atoms. The maximum absolute atomic E-state index is 2.72. The van der Waals surface area contributed by atoms with Crippen molar-refractivity contribution in [3.63, 3.8) is 0 Å². The quantitative estimate of drug-likeness (QED) is 0.685. The normalized spacial score (nSPS) is 11.4. The van der Waals surface area contributed by atoms with Crippen LogP contribution < -0.4 is 9.36 Å². The number of benzene rings is 1. The van der Waals surface area contributed by atoms with Gasteiger partial charge in [0.2, 0.25) is 0 Å². The van der Waals surface area contributed by atoms with Gasteiger partial charge in [0.25, 0.3) is 0 Å². The van der Waals surface area contributed by atoms with Gasteiger partial charge in [-0.2, -0.15) is 0 Å². The fraction of sp³-hybridized carbons (Fsp3) is 0.500. The summed E-state index contributed by atoms with van der Waals surface area (Å²) in [6, 6.07) is 6.59. The maximum atomic E-state index is 2.72. The molecule has 0 aliphatic rings. The van der Waals surface area contributed by atoms with Gasteiger partial charge in [0.05, 0.1) is 0 Å². The van der Waals surface area contributed by atoms with E-state index in [0.29, 0.717) is 0 Å². The molecule has 2 nitrogen and oxygen atoms in total. The van der Waals surface area contributed by atoms with Gasteiger partial charge >= 0.3 is 101 Å². The summed E-state index contributed by atoms with van der Waals surface area (Å²) in [7, 11) is 8.59. The molecule has 1 aromatic rings. The Balaban J connectivity index is 2.90. The van der Waals surface area contributed by atoms with Crippen LogP contribution in [0.5, 0.6) is 0 Å². The molecule has 84 valence electrons. The monoisotopic (exact) mass is 273 g/mol. The molecule has 0 aliphatic heterocycles. The van der Waals surface area contributed by atoms with Crippen LogP contribution in [-0.2, 0) is 13.1 Å². The van der Waals surface area contributed by atoms with Crippen LogP contribution in [0.4, 0.5) is 0 Å². The SMILES string of the molecule is CN(C)Cc1cccc(C[NH+](C)C)c1[SeH]. The third-order valence-electron chi connectivity index (χ3n) is 2.23. The molecule has 0 fully saturated rings. The predicted molar refractivity (Wildman–Crippen MR) is 67.1 cm³/mol. The summed E-state index contributed by atoms with van der Waals surface area (Å²) in [5.74, 6) is 0. The van der Waals surface area contributed by atoms with Crippen LogP contribution in [0.2, 0.25) is 0 Å². The Morgan fingerprint density at radius 1 is 1.20 bits per heavy atom. The predicted octanol–water partition coefficient (Wildman–Crippen LogP) is -1.08. The van der Waals surface area contributed by atoms with Crippen LogP contribution in [-0.4, -0.2) is 49.1 Å². The number of nitrogens with zero attached hydrogens (tertiary/aromatic N) is 1. The number of nitrogens with one attached hydrogen (secondary N) is 1. The Morgan fingerprint density at radius 3 is 2.33 bits per heavy atom. The Labute approximate surface area is 101 Å². The molecule has 0 heterocycles. The van der Waals surface area contributed by atoms with Gasteiger partial charge in [-0.25, -0.2) is 0 Å². The molecule has 3 heteroatoms. The Bertz CT molecular complexity index is 293. The zero-order valence-corrected chi connectivity index (χ0v) is 11.9. The Hall–Kier alpha value is -0.341. The third-order valence-corrected chi connectivity index (χ3v) is 3.44. The van der Waals surface area contributed by atoms with E-state index in [1.165, 1.54) is 20.5 Å². The summed E-state index contributed by atoms with van der Waals surface area (Å²) in [4.78, 5) is 3.67. The van der Waals surface area contributed by atoms with E-state index >= 15 is 0 Å². The first-order chi connectivity index (χ1) is 7.00. The molecule has 1 N–H and O–H groups in total. The molecular formula is C12H21N2Se+. The topological polar surface area (TPSA) is 7.68 Å². The van der Waals surface area contributed by atoms with Crippen molar-refractivity contribution in [2.45, 2.75) is 13.1 Å². The number of hydrogen-bond donors (Lipinski definition) is 1. The van der Waals surface area contributed by atoms with Gasteiger partial charge in [0, 0.05) is 0 Å². The average Bonchev–Trinajstić information content (AvgIpc) is 2.10. The first-order valence-corrected chi connectivity index (χ1v) is 6.18. The van der Waals surface area contributed by atoms with Crippen molar-refractivity contribution in [1.82, 2.24) is 4.90 Å². The van der Waals surface area contributed by atoms with Gasteiger partial charge in [-0.05, 0) is 0 Å². The van der Waals surface area contributed by atoms with E-state index in [4.69, 9.17) is 0 Å². The second kappa shape index (κ2) is 5.66. The zero-order chi connectivity index (χ0) is 11.4. The number of hydrogen-bond acceptors (Lipinski definition) is 1. The minimum absolute atomic E-state index is 1.01. The molecule has 0 radical (unpaired) electrons.